The van der Waals surface area contributed by atoms with Gasteiger partial charge in [-0.1, -0.05) is 13.8 Å². The van der Waals surface area contributed by atoms with Crippen molar-refractivity contribution in [2.24, 2.45) is 5.92 Å². The Labute approximate surface area is 224 Å². The average Bonchev–Trinajstić information content (AvgIpc) is 3.51. The van der Waals surface area contributed by atoms with Crippen LogP contribution in [0.5, 0.6) is 5.75 Å². The lowest BCUT2D eigenvalue weighted by atomic mass is 9.88. The van der Waals surface area contributed by atoms with Crippen molar-refractivity contribution < 1.29 is 19.1 Å². The number of esters is 1. The number of benzene rings is 2. The number of aromatic nitrogens is 2. The lowest BCUT2D eigenvalue weighted by molar-refractivity contribution is -0.124. The van der Waals surface area contributed by atoms with Crippen LogP contribution < -0.4 is 10.1 Å². The van der Waals surface area contributed by atoms with Gasteiger partial charge < -0.3 is 19.8 Å². The normalized spacial score (nSPS) is 15.4. The van der Waals surface area contributed by atoms with Crippen molar-refractivity contribution in [3.63, 3.8) is 0 Å². The zero-order valence-corrected chi connectivity index (χ0v) is 22.3. The second-order valence-corrected chi connectivity index (χ2v) is 10.6. The molecule has 9 heteroatoms. The maximum absolute atomic E-state index is 13.1. The van der Waals surface area contributed by atoms with E-state index < -0.39 is 18.0 Å². The van der Waals surface area contributed by atoms with Crippen LogP contribution in [-0.2, 0) is 22.4 Å². The van der Waals surface area contributed by atoms with E-state index in [-0.39, 0.29) is 0 Å². The summed E-state index contributed by atoms with van der Waals surface area (Å²) in [5.41, 5.74) is 4.15. The maximum Gasteiger partial charge on any atom is 0.338 e. The molecule has 4 aromatic rings. The predicted octanol–water partition coefficient (Wildman–Crippen LogP) is 5.87. The summed E-state index contributed by atoms with van der Waals surface area (Å²) in [6.45, 7) is 3.98. The molecule has 2 aromatic carbocycles. The number of H-pyrrole nitrogens is 1. The molecule has 2 N–H and O–H groups in total. The molecule has 0 fully saturated rings. The van der Waals surface area contributed by atoms with E-state index in [1.54, 1.807) is 32.2 Å². The van der Waals surface area contributed by atoms with E-state index in [1.165, 1.54) is 11.3 Å². The smallest absolute Gasteiger partial charge is 0.338 e. The third kappa shape index (κ3) is 5.00. The molecule has 2 heterocycles. The Morgan fingerprint density at radius 3 is 2.76 bits per heavy atom. The molecule has 0 bridgehead atoms. The van der Waals surface area contributed by atoms with Gasteiger partial charge in [-0.25, -0.2) is 9.78 Å². The molecule has 0 aliphatic heterocycles. The van der Waals surface area contributed by atoms with Crippen LogP contribution in [0.1, 0.15) is 53.1 Å². The highest BCUT2D eigenvalue weighted by atomic mass is 32.1. The second kappa shape index (κ2) is 10.7. The van der Waals surface area contributed by atoms with Gasteiger partial charge in [-0.05, 0) is 79.6 Å². The van der Waals surface area contributed by atoms with E-state index in [1.807, 2.05) is 24.3 Å². The summed E-state index contributed by atoms with van der Waals surface area (Å²) in [7, 11) is 1.61. The maximum atomic E-state index is 13.1. The Morgan fingerprint density at radius 2 is 2.05 bits per heavy atom. The molecule has 1 aliphatic carbocycles. The predicted molar refractivity (Wildman–Crippen MR) is 146 cm³/mol. The van der Waals surface area contributed by atoms with Gasteiger partial charge in [0.15, 0.2) is 6.10 Å². The van der Waals surface area contributed by atoms with Crippen LogP contribution in [-0.4, -0.2) is 35.1 Å². The van der Waals surface area contributed by atoms with Crippen molar-refractivity contribution >= 4 is 39.2 Å². The van der Waals surface area contributed by atoms with Gasteiger partial charge in [0.25, 0.3) is 5.91 Å². The Hall–Kier alpha value is -4.16. The minimum absolute atomic E-state index is 0.301. The summed E-state index contributed by atoms with van der Waals surface area (Å²) in [6, 6.07) is 14.8. The molecule has 2 unspecified atom stereocenters. The number of thiophene rings is 1. The van der Waals surface area contributed by atoms with E-state index in [9.17, 15) is 14.9 Å². The molecule has 1 amide bonds. The molecule has 1 aliphatic rings. The van der Waals surface area contributed by atoms with Gasteiger partial charge in [0.1, 0.15) is 22.6 Å². The summed E-state index contributed by atoms with van der Waals surface area (Å²) in [6.07, 6.45) is 2.10. The summed E-state index contributed by atoms with van der Waals surface area (Å²) >= 11 is 1.45. The van der Waals surface area contributed by atoms with Crippen LogP contribution >= 0.6 is 11.3 Å². The van der Waals surface area contributed by atoms with Gasteiger partial charge >= 0.3 is 5.97 Å². The number of nitrogens with one attached hydrogen (secondary N) is 2. The molecular weight excluding hydrogens is 500 g/mol. The van der Waals surface area contributed by atoms with Crippen molar-refractivity contribution in [1.82, 2.24) is 9.97 Å². The van der Waals surface area contributed by atoms with Gasteiger partial charge in [0.2, 0.25) is 0 Å². The molecule has 2 aromatic heterocycles. The highest BCUT2D eigenvalue weighted by molar-refractivity contribution is 7.16. The summed E-state index contributed by atoms with van der Waals surface area (Å²) in [5.74, 6) is 0.935. The first-order valence-corrected chi connectivity index (χ1v) is 13.4. The standard InChI is InChI=1S/C29H28N4O4S/c1-4-24(27(34)33-28-21(15-30)20-11-5-16(2)13-25(20)38-28)37-29(35)18-8-12-22-23(14-18)32-26(31-22)17-6-9-19(36-3)10-7-17/h6-10,12,14,16,24H,4-5,11,13H2,1-3H3,(H,31,32)(H,33,34). The first-order valence-electron chi connectivity index (χ1n) is 12.6. The Bertz CT molecular complexity index is 1550. The van der Waals surface area contributed by atoms with Gasteiger partial charge in [0, 0.05) is 10.4 Å². The number of hydrogen-bond donors (Lipinski definition) is 2. The number of methoxy groups -OCH3 is 1. The minimum Gasteiger partial charge on any atom is -0.497 e. The molecule has 2 atom stereocenters. The molecule has 5 rings (SSSR count). The van der Waals surface area contributed by atoms with Crippen molar-refractivity contribution in [2.75, 3.05) is 12.4 Å². The van der Waals surface area contributed by atoms with Crippen molar-refractivity contribution in [3.05, 3.63) is 64.0 Å². The highest BCUT2D eigenvalue weighted by Gasteiger charge is 2.28. The number of rotatable bonds is 7. The Balaban J connectivity index is 1.30. The Kier molecular flexibility index (Phi) is 7.16. The van der Waals surface area contributed by atoms with Gasteiger partial charge in [-0.15, -0.1) is 11.3 Å². The van der Waals surface area contributed by atoms with E-state index >= 15 is 0 Å². The van der Waals surface area contributed by atoms with Crippen LogP contribution in [0.4, 0.5) is 5.00 Å². The van der Waals surface area contributed by atoms with E-state index in [4.69, 9.17) is 9.47 Å². The zero-order chi connectivity index (χ0) is 26.8. The van der Waals surface area contributed by atoms with Crippen molar-refractivity contribution in [1.29, 1.82) is 5.26 Å². The molecule has 0 spiro atoms. The number of ether oxygens (including phenoxy) is 2. The van der Waals surface area contributed by atoms with E-state index in [0.29, 0.717) is 45.3 Å². The Morgan fingerprint density at radius 1 is 1.26 bits per heavy atom. The van der Waals surface area contributed by atoms with Crippen molar-refractivity contribution in [3.8, 4) is 23.2 Å². The topological polar surface area (TPSA) is 117 Å². The number of anilines is 1. The summed E-state index contributed by atoms with van der Waals surface area (Å²) in [4.78, 5) is 35.0. The largest absolute Gasteiger partial charge is 0.497 e. The van der Waals surface area contributed by atoms with Crippen LogP contribution in [0.15, 0.2) is 42.5 Å². The lowest BCUT2D eigenvalue weighted by Crippen LogP contribution is -2.32. The fourth-order valence-electron chi connectivity index (χ4n) is 4.69. The first kappa shape index (κ1) is 25.5. The molecule has 8 nitrogen and oxygen atoms in total. The molecule has 38 heavy (non-hydrogen) atoms. The van der Waals surface area contributed by atoms with Gasteiger partial charge in [0.05, 0.1) is 29.3 Å². The molecule has 0 radical (unpaired) electrons. The quantitative estimate of drug-likeness (QED) is 0.290. The third-order valence-corrected chi connectivity index (χ3v) is 8.02. The zero-order valence-electron chi connectivity index (χ0n) is 21.5. The van der Waals surface area contributed by atoms with Crippen molar-refractivity contribution in [2.45, 2.75) is 45.6 Å². The number of hydrogen-bond acceptors (Lipinski definition) is 7. The third-order valence-electron chi connectivity index (χ3n) is 6.85. The number of nitriles is 1. The number of fused-ring (bicyclic) bond motifs is 2. The van der Waals surface area contributed by atoms with Gasteiger partial charge in [-0.3, -0.25) is 4.79 Å². The number of carbonyl (C=O) groups is 2. The summed E-state index contributed by atoms with van der Waals surface area (Å²) < 4.78 is 10.8. The average molecular weight is 529 g/mol. The van der Waals surface area contributed by atoms with Crippen LogP contribution in [0.25, 0.3) is 22.4 Å². The first-order chi connectivity index (χ1) is 18.4. The van der Waals surface area contributed by atoms with Crippen LogP contribution in [0.2, 0.25) is 0 Å². The number of amides is 1. The SMILES string of the molecule is CCC(OC(=O)c1ccc2nc(-c3ccc(OC)cc3)[nH]c2c1)C(=O)Nc1sc2c(c1C#N)CCC(C)C2. The fraction of sp³-hybridized carbons (Fsp3) is 0.310. The summed E-state index contributed by atoms with van der Waals surface area (Å²) in [5, 5.41) is 13.1. The number of nitrogens with zero attached hydrogens (tertiary/aromatic N) is 2. The minimum atomic E-state index is -0.987. The van der Waals surface area contributed by atoms with Crippen LogP contribution in [0.3, 0.4) is 0 Å². The molecule has 0 saturated carbocycles. The fourth-order valence-corrected chi connectivity index (χ4v) is 6.06. The second-order valence-electron chi connectivity index (χ2n) is 9.50. The monoisotopic (exact) mass is 528 g/mol. The molecule has 0 saturated heterocycles. The van der Waals surface area contributed by atoms with E-state index in [2.05, 4.69) is 28.3 Å². The number of imidazole rings is 1. The van der Waals surface area contributed by atoms with E-state index in [0.717, 1.165) is 41.0 Å². The number of aromatic amines is 1. The van der Waals surface area contributed by atoms with Gasteiger partial charge in [-0.2, -0.15) is 5.26 Å². The molecule has 194 valence electrons. The van der Waals surface area contributed by atoms with Crippen LogP contribution in [0, 0.1) is 17.2 Å². The lowest BCUT2D eigenvalue weighted by Gasteiger charge is -2.17. The number of carbonyl (C=O) groups excluding carboxylic acids is 2. The molecular formula is C29H28N4O4S. The highest BCUT2D eigenvalue weighted by Crippen LogP contribution is 2.39.